The molecule has 4 rings (SSSR count). The first-order valence-corrected chi connectivity index (χ1v) is 14.9. The maximum Gasteiger partial charge on any atom is 0.242 e. The number of amides is 3. The Hall–Kier alpha value is -4.15. The van der Waals surface area contributed by atoms with Crippen molar-refractivity contribution in [2.45, 2.75) is 50.2 Å². The predicted molar refractivity (Wildman–Crippen MR) is 171 cm³/mol. The van der Waals surface area contributed by atoms with E-state index in [-0.39, 0.29) is 36.1 Å². The zero-order valence-electron chi connectivity index (χ0n) is 24.4. The van der Waals surface area contributed by atoms with Crippen molar-refractivity contribution < 1.29 is 14.4 Å². The number of aliphatic imine (C=N–C) groups is 1. The Labute approximate surface area is 257 Å². The van der Waals surface area contributed by atoms with Crippen LogP contribution >= 0.6 is 11.6 Å². The van der Waals surface area contributed by atoms with Crippen LogP contribution in [0.15, 0.2) is 71.7 Å². The number of nitrogens with two attached hydrogens (primary N) is 2. The first kappa shape index (κ1) is 31.8. The Morgan fingerprint density at radius 3 is 2.60 bits per heavy atom. The molecule has 3 aromatic rings. The minimum Gasteiger partial charge on any atom is -0.370 e. The van der Waals surface area contributed by atoms with Gasteiger partial charge in [0.15, 0.2) is 5.96 Å². The Kier molecular flexibility index (Phi) is 11.4. The van der Waals surface area contributed by atoms with Gasteiger partial charge in [-0.15, -0.1) is 0 Å². The lowest BCUT2D eigenvalue weighted by atomic mass is 9.99. The molecule has 0 aromatic heterocycles. The van der Waals surface area contributed by atoms with Crippen LogP contribution in [0.4, 0.5) is 0 Å². The molecule has 3 amide bonds. The van der Waals surface area contributed by atoms with E-state index in [2.05, 4.69) is 27.0 Å². The lowest BCUT2D eigenvalue weighted by molar-refractivity contribution is -0.141. The quantitative estimate of drug-likeness (QED) is 0.121. The number of carbonyl (C=O) groups is 3. The molecule has 0 bridgehead atoms. The Balaban J connectivity index is 1.50. The van der Waals surface area contributed by atoms with E-state index >= 15 is 0 Å². The summed E-state index contributed by atoms with van der Waals surface area (Å²) >= 11 is 6.06. The highest BCUT2D eigenvalue weighted by Crippen LogP contribution is 2.21. The average Bonchev–Trinajstić information content (AvgIpc) is 3.14. The summed E-state index contributed by atoms with van der Waals surface area (Å²) in [5.41, 5.74) is 12.7. The molecule has 43 heavy (non-hydrogen) atoms. The smallest absolute Gasteiger partial charge is 0.242 e. The molecule has 0 spiro atoms. The molecule has 0 unspecified atom stereocenters. The molecule has 1 saturated heterocycles. The van der Waals surface area contributed by atoms with Crippen molar-refractivity contribution in [3.63, 3.8) is 0 Å². The molecule has 1 aliphatic rings. The molecule has 1 fully saturated rings. The zero-order valence-corrected chi connectivity index (χ0v) is 25.1. The lowest BCUT2D eigenvalue weighted by Crippen LogP contribution is -2.54. The number of halogens is 1. The van der Waals surface area contributed by atoms with Crippen LogP contribution in [0.1, 0.15) is 30.4 Å². The standard InChI is InChI=1S/C32H40ClN7O3/c1-36-30(42)28(18-22-11-12-23-7-2-3-8-24(23)16-22)40-15-13-26(39-27(31(40)43)10-5-14-37-32(34)35)20-38-29(41)19-21-6-4-9-25(33)17-21/h2-4,6-9,11-12,16-17,26-28,39H,5,10,13-15,18-20H2,1H3,(H,36,42)(H,38,41)(H4,34,35,37)/t26-,27+,28+/m1/s1. The third-order valence-electron chi connectivity index (χ3n) is 7.65. The van der Waals surface area contributed by atoms with Crippen LogP contribution in [-0.4, -0.2) is 73.4 Å². The largest absolute Gasteiger partial charge is 0.370 e. The van der Waals surface area contributed by atoms with Crippen LogP contribution in [0, 0.1) is 0 Å². The van der Waals surface area contributed by atoms with E-state index in [0.29, 0.717) is 50.3 Å². The second-order valence-electron chi connectivity index (χ2n) is 10.8. The van der Waals surface area contributed by atoms with Gasteiger partial charge in [-0.1, -0.05) is 66.2 Å². The van der Waals surface area contributed by atoms with Crippen LogP contribution in [0.2, 0.25) is 5.02 Å². The molecule has 11 heteroatoms. The van der Waals surface area contributed by atoms with E-state index in [1.54, 1.807) is 24.1 Å². The van der Waals surface area contributed by atoms with Crippen molar-refractivity contribution in [3.05, 3.63) is 82.9 Å². The summed E-state index contributed by atoms with van der Waals surface area (Å²) < 4.78 is 0. The molecule has 7 N–H and O–H groups in total. The highest BCUT2D eigenvalue weighted by atomic mass is 35.5. The monoisotopic (exact) mass is 605 g/mol. The van der Waals surface area contributed by atoms with Gasteiger partial charge in [-0.3, -0.25) is 19.4 Å². The lowest BCUT2D eigenvalue weighted by Gasteiger charge is -2.31. The number of rotatable bonds is 12. The summed E-state index contributed by atoms with van der Waals surface area (Å²) in [5.74, 6) is -0.529. The summed E-state index contributed by atoms with van der Waals surface area (Å²) in [6, 6.07) is 19.9. The second kappa shape index (κ2) is 15.4. The van der Waals surface area contributed by atoms with E-state index in [1.165, 1.54) is 0 Å². The highest BCUT2D eigenvalue weighted by molar-refractivity contribution is 6.30. The molecule has 1 heterocycles. The third-order valence-corrected chi connectivity index (χ3v) is 7.88. The summed E-state index contributed by atoms with van der Waals surface area (Å²) in [5, 5.41) is 11.9. The van der Waals surface area contributed by atoms with E-state index < -0.39 is 12.1 Å². The van der Waals surface area contributed by atoms with E-state index in [4.69, 9.17) is 23.1 Å². The molecular formula is C32H40ClN7O3. The van der Waals surface area contributed by atoms with E-state index in [1.807, 2.05) is 48.5 Å². The Bertz CT molecular complexity index is 1460. The number of benzene rings is 3. The molecule has 228 valence electrons. The molecular weight excluding hydrogens is 566 g/mol. The highest BCUT2D eigenvalue weighted by Gasteiger charge is 2.37. The number of likely N-dealkylation sites (N-methyl/N-ethyl adjacent to an activating group) is 1. The van der Waals surface area contributed by atoms with Gasteiger partial charge in [0, 0.05) is 44.2 Å². The Morgan fingerprint density at radius 2 is 1.86 bits per heavy atom. The SMILES string of the molecule is CNC(=O)[C@H](Cc1ccc2ccccc2c1)N1CC[C@H](CNC(=O)Cc2cccc(Cl)c2)N[C@@H](CCCN=C(N)N)C1=O. The van der Waals surface area contributed by atoms with Gasteiger partial charge in [0.05, 0.1) is 12.5 Å². The number of nitrogens with zero attached hydrogens (tertiary/aromatic N) is 2. The normalized spacial score (nSPS) is 17.6. The van der Waals surface area contributed by atoms with Gasteiger partial charge in [0.25, 0.3) is 0 Å². The van der Waals surface area contributed by atoms with Gasteiger partial charge >= 0.3 is 0 Å². The van der Waals surface area contributed by atoms with Crippen LogP contribution in [-0.2, 0) is 27.2 Å². The third kappa shape index (κ3) is 9.17. The first-order chi connectivity index (χ1) is 20.7. The molecule has 3 atom stereocenters. The van der Waals surface area contributed by atoms with Crippen molar-refractivity contribution in [3.8, 4) is 0 Å². The van der Waals surface area contributed by atoms with Gasteiger partial charge in [-0.05, 0) is 53.3 Å². The van der Waals surface area contributed by atoms with Crippen molar-refractivity contribution in [2.75, 3.05) is 26.7 Å². The average molecular weight is 606 g/mol. The van der Waals surface area contributed by atoms with Crippen LogP contribution in [0.25, 0.3) is 10.8 Å². The number of hydrogen-bond donors (Lipinski definition) is 5. The van der Waals surface area contributed by atoms with Crippen molar-refractivity contribution in [1.82, 2.24) is 20.9 Å². The molecule has 3 aromatic carbocycles. The predicted octanol–water partition coefficient (Wildman–Crippen LogP) is 2.12. The summed E-state index contributed by atoms with van der Waals surface area (Å²) in [6.07, 6.45) is 2.16. The maximum atomic E-state index is 14.0. The van der Waals surface area contributed by atoms with Crippen LogP contribution in [0.3, 0.4) is 0 Å². The van der Waals surface area contributed by atoms with Gasteiger partial charge < -0.3 is 32.3 Å². The van der Waals surface area contributed by atoms with E-state index in [0.717, 1.165) is 21.9 Å². The minimum atomic E-state index is -0.697. The van der Waals surface area contributed by atoms with E-state index in [9.17, 15) is 14.4 Å². The summed E-state index contributed by atoms with van der Waals surface area (Å²) in [6.45, 7) is 1.07. The Morgan fingerprint density at radius 1 is 1.07 bits per heavy atom. The minimum absolute atomic E-state index is 0.00265. The van der Waals surface area contributed by atoms with Gasteiger partial charge in [0.1, 0.15) is 6.04 Å². The zero-order chi connectivity index (χ0) is 30.8. The number of fused-ring (bicyclic) bond motifs is 1. The molecule has 0 aliphatic carbocycles. The van der Waals surface area contributed by atoms with Gasteiger partial charge in [-0.25, -0.2) is 0 Å². The van der Waals surface area contributed by atoms with Crippen LogP contribution in [0.5, 0.6) is 0 Å². The second-order valence-corrected chi connectivity index (χ2v) is 11.2. The number of guanidine groups is 1. The molecule has 10 nitrogen and oxygen atoms in total. The molecule has 0 radical (unpaired) electrons. The topological polar surface area (TPSA) is 155 Å². The van der Waals surface area contributed by atoms with Crippen molar-refractivity contribution >= 4 is 46.1 Å². The fraction of sp³-hybridized carbons (Fsp3) is 0.375. The fourth-order valence-corrected chi connectivity index (χ4v) is 5.67. The van der Waals surface area contributed by atoms with Crippen molar-refractivity contribution in [2.24, 2.45) is 16.5 Å². The maximum absolute atomic E-state index is 14.0. The summed E-state index contributed by atoms with van der Waals surface area (Å²) in [7, 11) is 1.58. The van der Waals surface area contributed by atoms with Crippen molar-refractivity contribution in [1.29, 1.82) is 0 Å². The number of carbonyl (C=O) groups excluding carboxylic acids is 3. The molecule has 1 aliphatic heterocycles. The first-order valence-electron chi connectivity index (χ1n) is 14.6. The number of hydrogen-bond acceptors (Lipinski definition) is 5. The summed E-state index contributed by atoms with van der Waals surface area (Å²) in [4.78, 5) is 45.7. The van der Waals surface area contributed by atoms with Gasteiger partial charge in [-0.2, -0.15) is 0 Å². The number of nitrogens with one attached hydrogen (secondary N) is 3. The van der Waals surface area contributed by atoms with Crippen LogP contribution < -0.4 is 27.4 Å². The fourth-order valence-electron chi connectivity index (χ4n) is 5.46. The molecule has 0 saturated carbocycles. The van der Waals surface area contributed by atoms with Gasteiger partial charge in [0.2, 0.25) is 17.7 Å².